The molecule has 24 heteroatoms. The van der Waals surface area contributed by atoms with Crippen LogP contribution in [0.5, 0.6) is 0 Å². The first-order chi connectivity index (χ1) is 39.7. The second-order valence-electron chi connectivity index (χ2n) is 25.8. The Bertz CT molecular complexity index is 2290. The zero-order valence-electron chi connectivity index (χ0n) is 56.6. The number of carbonyl (C=O) groups is 11. The van der Waals surface area contributed by atoms with E-state index in [-0.39, 0.29) is 55.3 Å². The van der Waals surface area contributed by atoms with Crippen molar-refractivity contribution in [2.24, 2.45) is 47.2 Å². The number of rotatable bonds is 37. The van der Waals surface area contributed by atoms with Crippen LogP contribution in [0.1, 0.15) is 156 Å². The van der Waals surface area contributed by atoms with Crippen molar-refractivity contribution in [2.45, 2.75) is 223 Å². The van der Waals surface area contributed by atoms with Crippen LogP contribution in [0.4, 0.5) is 0 Å². The van der Waals surface area contributed by atoms with Crippen LogP contribution in [0.15, 0.2) is 12.2 Å². The molecule has 0 saturated carbocycles. The maximum absolute atomic E-state index is 15.0. The van der Waals surface area contributed by atoms with Gasteiger partial charge < -0.3 is 66.2 Å². The lowest BCUT2D eigenvalue weighted by atomic mass is 9.92. The third-order valence-electron chi connectivity index (χ3n) is 15.6. The fourth-order valence-corrected chi connectivity index (χ4v) is 10.1. The number of carboxylic acid groups (broad SMARTS) is 1. The van der Waals surface area contributed by atoms with Gasteiger partial charge in [0.1, 0.15) is 60.5 Å². The lowest BCUT2D eigenvalue weighted by Gasteiger charge is -2.40. The topological polar surface area (TPSA) is 311 Å². The molecule has 0 radical (unpaired) electrons. The maximum atomic E-state index is 15.0. The van der Waals surface area contributed by atoms with Crippen LogP contribution in [-0.4, -0.2) is 222 Å². The molecule has 494 valence electrons. The van der Waals surface area contributed by atoms with Gasteiger partial charge in [0.2, 0.25) is 53.2 Å². The van der Waals surface area contributed by atoms with Crippen LogP contribution in [0, 0.1) is 41.4 Å². The summed E-state index contributed by atoms with van der Waals surface area (Å²) in [5.74, 6) is -8.91. The average Bonchev–Trinajstić information content (AvgIpc) is 2.64. The number of ether oxygens (including phenoxy) is 1. The minimum Gasteiger partial charge on any atom is -0.480 e. The van der Waals surface area contributed by atoms with Gasteiger partial charge in [0.15, 0.2) is 0 Å². The van der Waals surface area contributed by atoms with Gasteiger partial charge in [-0.15, -0.1) is 0 Å². The van der Waals surface area contributed by atoms with Gasteiger partial charge in [-0.3, -0.25) is 43.2 Å². The van der Waals surface area contributed by atoms with Crippen molar-refractivity contribution >= 4 is 65.1 Å². The number of allylic oxidation sites excluding steroid dienone is 2. The van der Waals surface area contributed by atoms with Crippen LogP contribution in [-0.2, 0) is 57.5 Å². The van der Waals surface area contributed by atoms with Crippen molar-refractivity contribution in [2.75, 3.05) is 55.9 Å². The Morgan fingerprint density at radius 3 is 1.40 bits per heavy atom. The number of nitrogens with one attached hydrogen (secondary N) is 4. The van der Waals surface area contributed by atoms with E-state index < -0.39 is 150 Å². The van der Waals surface area contributed by atoms with Crippen molar-refractivity contribution in [3.05, 3.63) is 12.2 Å². The fraction of sp³-hybridized carbons (Fsp3) is 0.790. The van der Waals surface area contributed by atoms with E-state index in [9.17, 15) is 53.1 Å². The van der Waals surface area contributed by atoms with Gasteiger partial charge in [-0.1, -0.05) is 109 Å². The molecule has 86 heavy (non-hydrogen) atoms. The van der Waals surface area contributed by atoms with E-state index in [1.54, 1.807) is 41.5 Å². The molecule has 0 aromatic rings. The minimum atomic E-state index is -1.24. The average molecular weight is 1220 g/mol. The Hall–Kier alpha value is -6.17. The highest BCUT2D eigenvalue weighted by Gasteiger charge is 2.44. The van der Waals surface area contributed by atoms with Crippen LogP contribution in [0.2, 0.25) is 0 Å². The van der Waals surface area contributed by atoms with Gasteiger partial charge in [-0.2, -0.15) is 0 Å². The number of hydrogen-bond acceptors (Lipinski definition) is 14. The molecule has 0 aliphatic rings. The molecule has 9 amide bonds. The van der Waals surface area contributed by atoms with E-state index in [1.807, 2.05) is 74.5 Å². The van der Waals surface area contributed by atoms with Crippen molar-refractivity contribution < 1.29 is 62.6 Å². The Morgan fingerprint density at radius 2 is 0.965 bits per heavy atom. The van der Waals surface area contributed by atoms with Gasteiger partial charge in [0, 0.05) is 42.3 Å². The second kappa shape index (κ2) is 37.5. The van der Waals surface area contributed by atoms with E-state index >= 15 is 4.79 Å². The molecular weight excluding hydrogens is 1110 g/mol. The molecule has 0 fully saturated rings. The molecule has 0 aliphatic heterocycles. The zero-order valence-corrected chi connectivity index (χ0v) is 56.6. The highest BCUT2D eigenvalue weighted by Crippen LogP contribution is 2.25. The summed E-state index contributed by atoms with van der Waals surface area (Å²) >= 11 is 0. The summed E-state index contributed by atoms with van der Waals surface area (Å²) in [6.07, 6.45) is 3.79. The van der Waals surface area contributed by atoms with Crippen molar-refractivity contribution in [1.29, 1.82) is 0 Å². The van der Waals surface area contributed by atoms with E-state index in [0.717, 1.165) is 9.80 Å². The van der Waals surface area contributed by atoms with Crippen molar-refractivity contribution in [3.8, 4) is 0 Å². The van der Waals surface area contributed by atoms with Crippen LogP contribution >= 0.6 is 0 Å². The van der Waals surface area contributed by atoms with Crippen LogP contribution < -0.4 is 27.0 Å². The van der Waals surface area contributed by atoms with Gasteiger partial charge in [0.05, 0.1) is 12.6 Å². The Morgan fingerprint density at radius 1 is 0.523 bits per heavy atom. The number of nitrogens with zero attached hydrogens (tertiary/aromatic N) is 6. The lowest BCUT2D eigenvalue weighted by Crippen LogP contribution is -2.61. The molecule has 0 aromatic carbocycles. The highest BCUT2D eigenvalue weighted by atomic mass is 16.5. The predicted molar refractivity (Wildman–Crippen MR) is 332 cm³/mol. The van der Waals surface area contributed by atoms with Crippen LogP contribution in [0.3, 0.4) is 0 Å². The summed E-state index contributed by atoms with van der Waals surface area (Å²) in [5.41, 5.74) is 6.14. The van der Waals surface area contributed by atoms with Gasteiger partial charge in [-0.25, -0.2) is 9.59 Å². The number of carboxylic acids is 1. The summed E-state index contributed by atoms with van der Waals surface area (Å²) in [6, 6.07) is -11.1. The molecule has 0 aromatic heterocycles. The Labute approximate surface area is 514 Å². The van der Waals surface area contributed by atoms with Gasteiger partial charge in [-0.05, 0) is 108 Å². The maximum Gasteiger partial charge on any atom is 0.329 e. The number of aliphatic carboxylic acids is 1. The number of likely N-dealkylation sites (N-methyl/N-ethyl adjacent to an activating group) is 7. The summed E-state index contributed by atoms with van der Waals surface area (Å²) < 4.78 is 6.32. The molecule has 0 spiro atoms. The standard InChI is InChI=1S/C62H113N11O13/c1-25-27-28-40(15)52(50(64-18)55(77)67-43(26-2)57(79)68(19)33-48(74)69(20)47(61(83)84)32-37(9)10)86-62(85)51(39(13)14)73(24)59(81)46(31-36(7)8)72(23)58(80)45(30-35(5)6)71(22)56(78)42(17)66-53(75)41(16)65-54(76)44(29-34(3)4)70(21)60(82)49(63)38(11)12/h25,27,34-47,49-52,64H,26,28-33,63H2,1-24H3,(H,65,76)(H,66,75)(H,67,77)(H,83,84)/b27-25+/t40?,41-,42+,43-,44-,45-,46-,47-,49-,50-,51-,52?/m0/s1. The summed E-state index contributed by atoms with van der Waals surface area (Å²) in [5, 5.41) is 20.9. The van der Waals surface area contributed by atoms with Crippen LogP contribution in [0.25, 0.3) is 0 Å². The molecular formula is C62H113N11O13. The monoisotopic (exact) mass is 1220 g/mol. The van der Waals surface area contributed by atoms with E-state index in [4.69, 9.17) is 10.5 Å². The highest BCUT2D eigenvalue weighted by molar-refractivity contribution is 5.97. The van der Waals surface area contributed by atoms with E-state index in [0.29, 0.717) is 12.8 Å². The van der Waals surface area contributed by atoms with E-state index in [1.165, 1.54) is 82.8 Å². The normalized spacial score (nSPS) is 16.0. The van der Waals surface area contributed by atoms with Gasteiger partial charge >= 0.3 is 11.9 Å². The molecule has 12 atom stereocenters. The number of hydrogen-bond donors (Lipinski definition) is 6. The van der Waals surface area contributed by atoms with Crippen molar-refractivity contribution in [3.63, 3.8) is 0 Å². The largest absolute Gasteiger partial charge is 0.480 e. The third-order valence-corrected chi connectivity index (χ3v) is 15.6. The molecule has 2 unspecified atom stereocenters. The molecule has 0 saturated heterocycles. The molecule has 24 nitrogen and oxygen atoms in total. The minimum absolute atomic E-state index is 0.00634. The summed E-state index contributed by atoms with van der Waals surface area (Å²) in [6.45, 7) is 29.8. The second-order valence-corrected chi connectivity index (χ2v) is 25.8. The molecule has 0 bridgehead atoms. The first kappa shape index (κ1) is 79.8. The number of carbonyl (C=O) groups excluding carboxylic acids is 10. The lowest BCUT2D eigenvalue weighted by molar-refractivity contribution is -0.167. The molecule has 7 N–H and O–H groups in total. The number of nitrogens with two attached hydrogens (primary N) is 1. The Balaban J connectivity index is 6.90. The molecule has 0 aliphatic carbocycles. The number of esters is 1. The first-order valence-electron chi connectivity index (χ1n) is 30.6. The third kappa shape index (κ3) is 24.2. The predicted octanol–water partition coefficient (Wildman–Crippen LogP) is 3.49. The fourth-order valence-electron chi connectivity index (χ4n) is 10.1. The summed E-state index contributed by atoms with van der Waals surface area (Å²) in [7, 11) is 10.1. The van der Waals surface area contributed by atoms with E-state index in [2.05, 4.69) is 21.3 Å². The quantitative estimate of drug-likeness (QED) is 0.0383. The zero-order chi connectivity index (χ0) is 67.1. The van der Waals surface area contributed by atoms with Crippen molar-refractivity contribution in [1.82, 2.24) is 50.7 Å². The Kier molecular flexibility index (Phi) is 34.8. The SMILES string of the molecule is C/C=C/CC(C)C(OC(=O)[C@H](C(C)C)N(C)C(=O)[C@H](CC(C)C)N(C)C(=O)[C@H](CC(C)C)N(C)C(=O)[C@@H](C)NC(=O)[C@H](C)NC(=O)[C@H](CC(C)C)N(C)C(=O)[C@@H](N)C(C)C)[C@H](NC)C(=O)N[C@@H](CC)C(=O)N(C)CC(=O)N(C)[C@@H](CC(C)C)C(=O)O. The molecule has 0 rings (SSSR count). The van der Waals surface area contributed by atoms with Gasteiger partial charge in [0.25, 0.3) is 0 Å². The first-order valence-corrected chi connectivity index (χ1v) is 30.6. The summed E-state index contributed by atoms with van der Waals surface area (Å²) in [4.78, 5) is 160. The smallest absolute Gasteiger partial charge is 0.329 e. The number of amides is 9. The molecule has 0 heterocycles.